The van der Waals surface area contributed by atoms with Crippen LogP contribution >= 0.6 is 23.5 Å². The molecular weight excluding hydrogens is 687 g/mol. The van der Waals surface area contributed by atoms with E-state index in [0.29, 0.717) is 11.5 Å². The van der Waals surface area contributed by atoms with Crippen molar-refractivity contribution < 1.29 is 36.5 Å². The number of esters is 1. The van der Waals surface area contributed by atoms with E-state index in [1.165, 1.54) is 36.4 Å². The van der Waals surface area contributed by atoms with Gasteiger partial charge < -0.3 is 14.2 Å². The molecule has 0 aromatic heterocycles. The Morgan fingerprint density at radius 3 is 1.90 bits per heavy atom. The maximum atomic E-state index is 13.7. The Balaban J connectivity index is 1.45. The molecule has 0 radical (unpaired) electrons. The standard InChI is InChI=1S/C36H37NO9S3/c1-25-14-20-30(21-15-25)49(41,42)46-31(22-43-34(38)28-16-18-29(19-17-28)37(39)40)32-33(45-36(2,3)44-32)35(47-23-26-10-6-4-7-11-26)48-24-27-12-8-5-9-13-27/h4-21,31-33,35H,22-24H2,1-3H3. The second-order valence-electron chi connectivity index (χ2n) is 11.8. The molecule has 0 aliphatic carbocycles. The van der Waals surface area contributed by atoms with Crippen LogP contribution in [-0.4, -0.2) is 54.6 Å². The Morgan fingerprint density at radius 1 is 0.837 bits per heavy atom. The fourth-order valence-corrected chi connectivity index (χ4v) is 8.88. The molecule has 0 spiro atoms. The monoisotopic (exact) mass is 723 g/mol. The Bertz CT molecular complexity index is 1760. The molecule has 1 aliphatic heterocycles. The predicted octanol–water partition coefficient (Wildman–Crippen LogP) is 7.55. The van der Waals surface area contributed by atoms with Crippen LogP contribution < -0.4 is 0 Å². The van der Waals surface area contributed by atoms with Crippen molar-refractivity contribution in [1.82, 2.24) is 0 Å². The largest absolute Gasteiger partial charge is 0.459 e. The van der Waals surface area contributed by atoms with Crippen molar-refractivity contribution in [2.24, 2.45) is 0 Å². The summed E-state index contributed by atoms with van der Waals surface area (Å²) in [5.74, 6) is -0.615. The van der Waals surface area contributed by atoms with Crippen LogP contribution in [0, 0.1) is 17.0 Å². The Morgan fingerprint density at radius 2 is 1.37 bits per heavy atom. The molecule has 1 fully saturated rings. The van der Waals surface area contributed by atoms with Gasteiger partial charge in [-0.2, -0.15) is 8.42 Å². The maximum Gasteiger partial charge on any atom is 0.338 e. The number of aryl methyl sites for hydroxylation is 1. The first-order chi connectivity index (χ1) is 23.4. The zero-order valence-corrected chi connectivity index (χ0v) is 29.6. The summed E-state index contributed by atoms with van der Waals surface area (Å²) in [6.07, 6.45) is -2.97. The lowest BCUT2D eigenvalue weighted by molar-refractivity contribution is -0.384. The van der Waals surface area contributed by atoms with Gasteiger partial charge in [-0.05, 0) is 56.2 Å². The van der Waals surface area contributed by atoms with Gasteiger partial charge in [-0.25, -0.2) is 4.79 Å². The summed E-state index contributed by atoms with van der Waals surface area (Å²) < 4.78 is 51.4. The number of carbonyl (C=O) groups excluding carboxylic acids is 1. The van der Waals surface area contributed by atoms with E-state index in [9.17, 15) is 23.3 Å². The van der Waals surface area contributed by atoms with Crippen LogP contribution in [-0.2, 0) is 40.0 Å². The molecule has 1 heterocycles. The van der Waals surface area contributed by atoms with Gasteiger partial charge in [0, 0.05) is 23.6 Å². The fraction of sp³-hybridized carbons (Fsp3) is 0.306. The average molecular weight is 724 g/mol. The summed E-state index contributed by atoms with van der Waals surface area (Å²) in [6.45, 7) is 4.83. The first kappa shape index (κ1) is 36.6. The number of hydrogen-bond acceptors (Lipinski definition) is 11. The van der Waals surface area contributed by atoms with Crippen LogP contribution in [0.2, 0.25) is 0 Å². The molecule has 1 aliphatic rings. The first-order valence-electron chi connectivity index (χ1n) is 15.5. The molecule has 49 heavy (non-hydrogen) atoms. The summed E-state index contributed by atoms with van der Waals surface area (Å²) in [6, 6.07) is 31.1. The second kappa shape index (κ2) is 16.3. The van der Waals surface area contributed by atoms with Gasteiger partial charge in [-0.3, -0.25) is 14.3 Å². The molecule has 258 valence electrons. The Labute approximate surface area is 294 Å². The van der Waals surface area contributed by atoms with E-state index in [0.717, 1.165) is 16.7 Å². The van der Waals surface area contributed by atoms with Crippen molar-refractivity contribution in [3.8, 4) is 0 Å². The number of benzene rings is 4. The number of rotatable bonds is 15. The number of non-ortho nitro benzene ring substituents is 1. The van der Waals surface area contributed by atoms with Crippen LogP contribution in [0.15, 0.2) is 114 Å². The van der Waals surface area contributed by atoms with Crippen molar-refractivity contribution >= 4 is 45.3 Å². The number of nitro groups is 1. The molecule has 0 bridgehead atoms. The van der Waals surface area contributed by atoms with E-state index >= 15 is 0 Å². The minimum absolute atomic E-state index is 0.0564. The van der Waals surface area contributed by atoms with Crippen LogP contribution in [0.4, 0.5) is 5.69 Å². The predicted molar refractivity (Wildman–Crippen MR) is 190 cm³/mol. The van der Waals surface area contributed by atoms with Crippen molar-refractivity contribution in [3.05, 3.63) is 142 Å². The van der Waals surface area contributed by atoms with Crippen LogP contribution in [0.5, 0.6) is 0 Å². The van der Waals surface area contributed by atoms with E-state index < -0.39 is 51.7 Å². The molecule has 1 saturated heterocycles. The fourth-order valence-electron chi connectivity index (χ4n) is 5.12. The van der Waals surface area contributed by atoms with E-state index in [1.54, 1.807) is 49.5 Å². The van der Waals surface area contributed by atoms with Crippen molar-refractivity contribution in [1.29, 1.82) is 0 Å². The summed E-state index contributed by atoms with van der Waals surface area (Å²) in [5, 5.41) is 11.1. The van der Waals surface area contributed by atoms with Gasteiger partial charge in [0.15, 0.2) is 5.79 Å². The van der Waals surface area contributed by atoms with E-state index in [1.807, 2.05) is 67.6 Å². The topological polar surface area (TPSA) is 131 Å². The molecule has 4 aromatic rings. The lowest BCUT2D eigenvalue weighted by Gasteiger charge is -2.30. The highest BCUT2D eigenvalue weighted by molar-refractivity contribution is 8.16. The molecule has 4 aromatic carbocycles. The summed E-state index contributed by atoms with van der Waals surface area (Å²) in [7, 11) is -4.35. The SMILES string of the molecule is Cc1ccc(S(=O)(=O)OC(COC(=O)c2ccc([N+](=O)[O-])cc2)C2OC(C)(C)OC2C(SCc2ccccc2)SCc2ccccc2)cc1. The van der Waals surface area contributed by atoms with Crippen molar-refractivity contribution in [2.75, 3.05) is 6.61 Å². The normalized spacial score (nSPS) is 17.9. The third kappa shape index (κ3) is 10.2. The van der Waals surface area contributed by atoms with Crippen LogP contribution in [0.25, 0.3) is 0 Å². The lowest BCUT2D eigenvalue weighted by Crippen LogP contribution is -2.45. The van der Waals surface area contributed by atoms with Gasteiger partial charge >= 0.3 is 5.97 Å². The average Bonchev–Trinajstić information content (AvgIpc) is 3.42. The highest BCUT2D eigenvalue weighted by atomic mass is 32.2. The van der Waals surface area contributed by atoms with Gasteiger partial charge in [0.2, 0.25) is 0 Å². The molecule has 0 saturated carbocycles. The summed E-state index contributed by atoms with van der Waals surface area (Å²) in [4.78, 5) is 23.6. The van der Waals surface area contributed by atoms with Gasteiger partial charge in [-0.1, -0.05) is 78.4 Å². The van der Waals surface area contributed by atoms with Gasteiger partial charge in [-0.15, -0.1) is 23.5 Å². The lowest BCUT2D eigenvalue weighted by atomic mass is 10.1. The molecule has 0 N–H and O–H groups in total. The zero-order valence-electron chi connectivity index (χ0n) is 27.2. The smallest absolute Gasteiger partial charge is 0.338 e. The zero-order chi connectivity index (χ0) is 35.0. The molecule has 5 rings (SSSR count). The van der Waals surface area contributed by atoms with Crippen LogP contribution in [0.3, 0.4) is 0 Å². The molecule has 3 unspecified atom stereocenters. The van der Waals surface area contributed by atoms with E-state index in [-0.39, 0.29) is 20.7 Å². The minimum Gasteiger partial charge on any atom is -0.459 e. The Kier molecular flexibility index (Phi) is 12.2. The minimum atomic E-state index is -4.35. The quantitative estimate of drug-likeness (QED) is 0.0396. The summed E-state index contributed by atoms with van der Waals surface area (Å²) in [5.41, 5.74) is 2.96. The number of hydrogen-bond donors (Lipinski definition) is 0. The Hall–Kier alpha value is -3.72. The van der Waals surface area contributed by atoms with Crippen molar-refractivity contribution in [3.63, 3.8) is 0 Å². The highest BCUT2D eigenvalue weighted by Crippen LogP contribution is 2.43. The van der Waals surface area contributed by atoms with Crippen molar-refractivity contribution in [2.45, 2.75) is 65.9 Å². The van der Waals surface area contributed by atoms with Gasteiger partial charge in [0.25, 0.3) is 15.8 Å². The molecular formula is C36H37NO9S3. The molecule has 0 amide bonds. The number of nitro benzene ring substituents is 1. The maximum absolute atomic E-state index is 13.7. The number of carbonyl (C=O) groups is 1. The number of nitrogens with zero attached hydrogens (tertiary/aromatic N) is 1. The molecule has 10 nitrogen and oxygen atoms in total. The number of thioether (sulfide) groups is 2. The molecule has 13 heteroatoms. The number of ether oxygens (including phenoxy) is 3. The third-order valence-electron chi connectivity index (χ3n) is 7.56. The van der Waals surface area contributed by atoms with Crippen LogP contribution in [0.1, 0.15) is 40.9 Å². The third-order valence-corrected chi connectivity index (χ3v) is 11.9. The first-order valence-corrected chi connectivity index (χ1v) is 19.0. The van der Waals surface area contributed by atoms with E-state index in [2.05, 4.69) is 0 Å². The highest BCUT2D eigenvalue weighted by Gasteiger charge is 2.51. The molecule has 3 atom stereocenters. The van der Waals surface area contributed by atoms with Gasteiger partial charge in [0.1, 0.15) is 24.9 Å². The summed E-state index contributed by atoms with van der Waals surface area (Å²) >= 11 is 3.29. The second-order valence-corrected chi connectivity index (χ2v) is 16.0. The van der Waals surface area contributed by atoms with Gasteiger partial charge in [0.05, 0.1) is 20.0 Å². The van der Waals surface area contributed by atoms with E-state index in [4.69, 9.17) is 18.4 Å².